The zero-order valence-corrected chi connectivity index (χ0v) is 12.2. The Hall–Kier alpha value is -2.40. The third kappa shape index (κ3) is 3.03. The fourth-order valence-corrected chi connectivity index (χ4v) is 2.36. The molecule has 3 aromatic rings. The van der Waals surface area contributed by atoms with Gasteiger partial charge in [0.15, 0.2) is 5.76 Å². The number of benzene rings is 1. The zero-order valence-electron chi connectivity index (χ0n) is 12.2. The first-order chi connectivity index (χ1) is 10.2. The molecule has 0 bridgehead atoms. The van der Waals surface area contributed by atoms with Gasteiger partial charge in [-0.15, -0.1) is 0 Å². The van der Waals surface area contributed by atoms with Gasteiger partial charge < -0.3 is 9.84 Å². The van der Waals surface area contributed by atoms with Crippen molar-refractivity contribution in [2.75, 3.05) is 0 Å². The summed E-state index contributed by atoms with van der Waals surface area (Å²) in [5.74, 6) is 1.82. The van der Waals surface area contributed by atoms with E-state index in [2.05, 4.69) is 32.2 Å². The molecule has 0 saturated carbocycles. The van der Waals surface area contributed by atoms with Gasteiger partial charge >= 0.3 is 0 Å². The molecule has 0 radical (unpaired) electrons. The average molecular weight is 282 g/mol. The molecule has 3 rings (SSSR count). The third-order valence-corrected chi connectivity index (χ3v) is 3.31. The lowest BCUT2D eigenvalue weighted by molar-refractivity contribution is 0.369. The average Bonchev–Trinajstić information content (AvgIpc) is 3.06. The van der Waals surface area contributed by atoms with Gasteiger partial charge in [-0.3, -0.25) is 4.57 Å². The number of nitrogens with zero attached hydrogens (tertiary/aromatic N) is 3. The van der Waals surface area contributed by atoms with Gasteiger partial charge in [0.1, 0.15) is 5.82 Å². The maximum atomic E-state index is 5.19. The molecule has 0 amide bonds. The largest absolute Gasteiger partial charge is 0.360 e. The van der Waals surface area contributed by atoms with E-state index in [1.54, 1.807) is 0 Å². The monoisotopic (exact) mass is 282 g/mol. The summed E-state index contributed by atoms with van der Waals surface area (Å²) in [5, 5.41) is 7.24. The Balaban J connectivity index is 1.72. The normalized spacial score (nSPS) is 11.0. The van der Waals surface area contributed by atoms with E-state index < -0.39 is 0 Å². The molecule has 0 aliphatic rings. The first-order valence-electron chi connectivity index (χ1n) is 6.95. The van der Waals surface area contributed by atoms with E-state index in [0.29, 0.717) is 6.54 Å². The van der Waals surface area contributed by atoms with Crippen LogP contribution in [0.4, 0.5) is 0 Å². The maximum absolute atomic E-state index is 5.19. The summed E-state index contributed by atoms with van der Waals surface area (Å²) in [7, 11) is 0. The van der Waals surface area contributed by atoms with Gasteiger partial charge in [-0.1, -0.05) is 23.4 Å². The molecule has 0 saturated heterocycles. The molecule has 0 spiro atoms. The van der Waals surface area contributed by atoms with Crippen molar-refractivity contribution in [1.82, 2.24) is 20.0 Å². The number of aromatic nitrogens is 3. The Labute approximate surface area is 123 Å². The molecule has 2 heterocycles. The molecule has 0 unspecified atom stereocenters. The second-order valence-corrected chi connectivity index (χ2v) is 5.01. The minimum Gasteiger partial charge on any atom is -0.360 e. The Bertz CT molecular complexity index is 715. The molecule has 0 fully saturated rings. The topological polar surface area (TPSA) is 55.9 Å². The van der Waals surface area contributed by atoms with Crippen molar-refractivity contribution < 1.29 is 4.52 Å². The molecule has 108 valence electrons. The van der Waals surface area contributed by atoms with Crippen LogP contribution in [0.15, 0.2) is 47.1 Å². The molecule has 0 atom stereocenters. The molecule has 0 aliphatic heterocycles. The highest BCUT2D eigenvalue weighted by atomic mass is 16.5. The van der Waals surface area contributed by atoms with Crippen molar-refractivity contribution in [3.8, 4) is 5.69 Å². The molecule has 5 heteroatoms. The standard InChI is InChI=1S/C16H18N4O/c1-12-8-16(21-19-12)11-17-9-15-10-18-13(2)20(15)14-6-4-3-5-7-14/h3-8,10,17H,9,11H2,1-2H3. The van der Waals surface area contributed by atoms with Crippen LogP contribution in [-0.2, 0) is 13.1 Å². The summed E-state index contributed by atoms with van der Waals surface area (Å²) in [6.07, 6.45) is 1.90. The summed E-state index contributed by atoms with van der Waals surface area (Å²) in [4.78, 5) is 4.41. The van der Waals surface area contributed by atoms with Gasteiger partial charge in [0.25, 0.3) is 0 Å². The Morgan fingerprint density at radius 1 is 1.14 bits per heavy atom. The SMILES string of the molecule is Cc1cc(CNCc2cnc(C)n2-c2ccccc2)on1. The first kappa shape index (κ1) is 13.6. The highest BCUT2D eigenvalue weighted by Crippen LogP contribution is 2.14. The van der Waals surface area contributed by atoms with Crippen molar-refractivity contribution in [3.05, 3.63) is 65.6 Å². The summed E-state index contributed by atoms with van der Waals surface area (Å²) in [5.41, 5.74) is 3.15. The van der Waals surface area contributed by atoms with Gasteiger partial charge in [0.05, 0.1) is 24.1 Å². The van der Waals surface area contributed by atoms with Crippen LogP contribution in [0.3, 0.4) is 0 Å². The summed E-state index contributed by atoms with van der Waals surface area (Å²) >= 11 is 0. The molecule has 2 aromatic heterocycles. The van der Waals surface area contributed by atoms with Crippen LogP contribution in [-0.4, -0.2) is 14.7 Å². The number of imidazole rings is 1. The number of aryl methyl sites for hydroxylation is 2. The lowest BCUT2D eigenvalue weighted by Crippen LogP contribution is -2.15. The molecule has 5 nitrogen and oxygen atoms in total. The van der Waals surface area contributed by atoms with Crippen molar-refractivity contribution in [2.45, 2.75) is 26.9 Å². The molecule has 21 heavy (non-hydrogen) atoms. The number of nitrogens with one attached hydrogen (secondary N) is 1. The van der Waals surface area contributed by atoms with Crippen LogP contribution < -0.4 is 5.32 Å². The lowest BCUT2D eigenvalue weighted by Gasteiger charge is -2.10. The number of rotatable bonds is 5. The van der Waals surface area contributed by atoms with E-state index in [1.807, 2.05) is 44.3 Å². The molecular formula is C16H18N4O. The lowest BCUT2D eigenvalue weighted by atomic mass is 10.3. The smallest absolute Gasteiger partial charge is 0.150 e. The minimum absolute atomic E-state index is 0.653. The fraction of sp³-hybridized carbons (Fsp3) is 0.250. The van der Waals surface area contributed by atoms with E-state index in [0.717, 1.165) is 35.2 Å². The van der Waals surface area contributed by atoms with Crippen molar-refractivity contribution in [2.24, 2.45) is 0 Å². The number of hydrogen-bond acceptors (Lipinski definition) is 4. The van der Waals surface area contributed by atoms with Crippen LogP contribution in [0, 0.1) is 13.8 Å². The maximum Gasteiger partial charge on any atom is 0.150 e. The van der Waals surface area contributed by atoms with Gasteiger partial charge in [-0.2, -0.15) is 0 Å². The van der Waals surface area contributed by atoms with Gasteiger partial charge in [0, 0.05) is 18.3 Å². The molecule has 1 aromatic carbocycles. The van der Waals surface area contributed by atoms with Crippen LogP contribution in [0.5, 0.6) is 0 Å². The number of para-hydroxylation sites is 1. The fourth-order valence-electron chi connectivity index (χ4n) is 2.36. The second-order valence-electron chi connectivity index (χ2n) is 5.01. The van der Waals surface area contributed by atoms with Crippen molar-refractivity contribution in [3.63, 3.8) is 0 Å². The summed E-state index contributed by atoms with van der Waals surface area (Å²) in [6, 6.07) is 12.2. The van der Waals surface area contributed by atoms with Crippen LogP contribution >= 0.6 is 0 Å². The van der Waals surface area contributed by atoms with Gasteiger partial charge in [-0.05, 0) is 26.0 Å². The summed E-state index contributed by atoms with van der Waals surface area (Å²) < 4.78 is 7.34. The van der Waals surface area contributed by atoms with Crippen LogP contribution in [0.1, 0.15) is 23.0 Å². The first-order valence-corrected chi connectivity index (χ1v) is 6.95. The van der Waals surface area contributed by atoms with E-state index in [9.17, 15) is 0 Å². The quantitative estimate of drug-likeness (QED) is 0.782. The highest BCUT2D eigenvalue weighted by molar-refractivity contribution is 5.35. The van der Waals surface area contributed by atoms with E-state index in [1.165, 1.54) is 0 Å². The Morgan fingerprint density at radius 2 is 1.95 bits per heavy atom. The molecule has 0 aliphatic carbocycles. The van der Waals surface area contributed by atoms with E-state index in [4.69, 9.17) is 4.52 Å². The molecular weight excluding hydrogens is 264 g/mol. The molecule has 1 N–H and O–H groups in total. The van der Waals surface area contributed by atoms with E-state index >= 15 is 0 Å². The van der Waals surface area contributed by atoms with Gasteiger partial charge in [0.2, 0.25) is 0 Å². The zero-order chi connectivity index (χ0) is 14.7. The van der Waals surface area contributed by atoms with Crippen molar-refractivity contribution in [1.29, 1.82) is 0 Å². The highest BCUT2D eigenvalue weighted by Gasteiger charge is 2.08. The van der Waals surface area contributed by atoms with Crippen LogP contribution in [0.25, 0.3) is 5.69 Å². The van der Waals surface area contributed by atoms with E-state index in [-0.39, 0.29) is 0 Å². The second kappa shape index (κ2) is 5.93. The predicted octanol–water partition coefficient (Wildman–Crippen LogP) is 2.77. The summed E-state index contributed by atoms with van der Waals surface area (Å²) in [6.45, 7) is 5.30. The predicted molar refractivity (Wildman–Crippen MR) is 80.1 cm³/mol. The minimum atomic E-state index is 0.653. The Morgan fingerprint density at radius 3 is 2.67 bits per heavy atom. The number of hydrogen-bond donors (Lipinski definition) is 1. The third-order valence-electron chi connectivity index (χ3n) is 3.31. The Kier molecular flexibility index (Phi) is 3.83. The van der Waals surface area contributed by atoms with Crippen LogP contribution in [0.2, 0.25) is 0 Å². The van der Waals surface area contributed by atoms with Crippen molar-refractivity contribution >= 4 is 0 Å². The van der Waals surface area contributed by atoms with Gasteiger partial charge in [-0.25, -0.2) is 4.98 Å².